The van der Waals surface area contributed by atoms with Gasteiger partial charge in [0, 0.05) is 12.7 Å². The van der Waals surface area contributed by atoms with Gasteiger partial charge in [0.05, 0.1) is 12.7 Å². The predicted molar refractivity (Wildman–Crippen MR) is 60.7 cm³/mol. The van der Waals surface area contributed by atoms with Crippen LogP contribution in [0, 0.1) is 6.92 Å². The second kappa shape index (κ2) is 4.01. The number of likely N-dealkylation sites (N-methyl/N-ethyl adjacent to an activating group) is 1. The molecule has 5 nitrogen and oxygen atoms in total. The maximum Gasteiger partial charge on any atom is 0.232 e. The maximum atomic E-state index is 12.1. The van der Waals surface area contributed by atoms with Crippen LogP contribution in [-0.4, -0.2) is 30.7 Å². The number of carbonyl (C=O) groups excluding carboxylic acids is 2. The summed E-state index contributed by atoms with van der Waals surface area (Å²) in [6.45, 7) is 1.77. The van der Waals surface area contributed by atoms with Gasteiger partial charge in [-0.15, -0.1) is 0 Å². The molecule has 0 fully saturated rings. The van der Waals surface area contributed by atoms with Crippen molar-refractivity contribution in [2.45, 2.75) is 6.92 Å². The van der Waals surface area contributed by atoms with Crippen LogP contribution in [0.5, 0.6) is 0 Å². The van der Waals surface area contributed by atoms with E-state index in [1.54, 1.807) is 26.1 Å². The molecule has 0 amide bonds. The fraction of sp³-hybridized carbons (Fsp3) is 0.250. The molecule has 0 unspecified atom stereocenters. The number of rotatable bonds is 2. The first-order valence-electron chi connectivity index (χ1n) is 5.13. The van der Waals surface area contributed by atoms with E-state index in [9.17, 15) is 9.59 Å². The molecule has 1 aromatic heterocycles. The number of Topliss-reactive ketones (excluding diaryl/α,β-unsaturated/α-hetero) is 2. The van der Waals surface area contributed by atoms with E-state index in [1.807, 2.05) is 0 Å². The second-order valence-electron chi connectivity index (χ2n) is 3.67. The van der Waals surface area contributed by atoms with Crippen molar-refractivity contribution >= 4 is 11.6 Å². The lowest BCUT2D eigenvalue weighted by molar-refractivity contribution is 0.0897. The summed E-state index contributed by atoms with van der Waals surface area (Å²) in [7, 11) is 2.94. The molecular formula is C12H12N2O3. The highest BCUT2D eigenvalue weighted by molar-refractivity contribution is 6.25. The molecule has 1 N–H and O–H groups in total. The van der Waals surface area contributed by atoms with Crippen molar-refractivity contribution < 1.29 is 14.3 Å². The Labute approximate surface area is 98.5 Å². The summed E-state index contributed by atoms with van der Waals surface area (Å²) in [6, 6.07) is 3.30. The summed E-state index contributed by atoms with van der Waals surface area (Å²) in [5, 5.41) is 2.69. The van der Waals surface area contributed by atoms with Crippen molar-refractivity contribution in [1.82, 2.24) is 10.3 Å². The zero-order valence-corrected chi connectivity index (χ0v) is 9.83. The number of ether oxygens (including phenoxy) is 1. The molecule has 0 saturated carbocycles. The van der Waals surface area contributed by atoms with Gasteiger partial charge in [0.25, 0.3) is 0 Å². The van der Waals surface area contributed by atoms with Crippen molar-refractivity contribution in [1.29, 1.82) is 0 Å². The number of pyridine rings is 1. The smallest absolute Gasteiger partial charge is 0.232 e. The van der Waals surface area contributed by atoms with Crippen LogP contribution in [-0.2, 0) is 4.74 Å². The van der Waals surface area contributed by atoms with Crippen molar-refractivity contribution in [2.75, 3.05) is 14.2 Å². The number of fused-ring (bicyclic) bond motifs is 1. The zero-order valence-electron chi connectivity index (χ0n) is 9.83. The van der Waals surface area contributed by atoms with Gasteiger partial charge in [-0.3, -0.25) is 9.59 Å². The van der Waals surface area contributed by atoms with Gasteiger partial charge in [-0.1, -0.05) is 0 Å². The number of nitrogens with zero attached hydrogens (tertiary/aromatic N) is 1. The van der Waals surface area contributed by atoms with E-state index in [-0.39, 0.29) is 34.3 Å². The Bertz CT molecular complexity index is 547. The predicted octanol–water partition coefficient (Wildman–Crippen LogP) is 0.846. The van der Waals surface area contributed by atoms with Crippen LogP contribution in [0.15, 0.2) is 23.6 Å². The SMILES string of the molecule is CNC1=C(OC)C(=O)c2ccc(C)nc2C1=O. The molecule has 1 heterocycles. The number of carbonyl (C=O) groups is 2. The Hall–Kier alpha value is -2.17. The molecule has 0 spiro atoms. The first-order valence-corrected chi connectivity index (χ1v) is 5.13. The molecule has 0 bridgehead atoms. The van der Waals surface area contributed by atoms with Crippen molar-refractivity contribution in [3.05, 3.63) is 40.5 Å². The number of aryl methyl sites for hydroxylation is 1. The number of allylic oxidation sites excluding steroid dienone is 2. The number of aromatic nitrogens is 1. The highest BCUT2D eigenvalue weighted by Gasteiger charge is 2.33. The number of methoxy groups -OCH3 is 1. The third kappa shape index (κ3) is 1.60. The van der Waals surface area contributed by atoms with E-state index in [0.29, 0.717) is 5.69 Å². The molecule has 1 aliphatic carbocycles. The third-order valence-corrected chi connectivity index (χ3v) is 2.61. The summed E-state index contributed by atoms with van der Waals surface area (Å²) < 4.78 is 4.98. The van der Waals surface area contributed by atoms with Gasteiger partial charge >= 0.3 is 0 Å². The normalized spacial score (nSPS) is 14.8. The van der Waals surface area contributed by atoms with Crippen LogP contribution in [0.25, 0.3) is 0 Å². The van der Waals surface area contributed by atoms with Crippen LogP contribution in [0.2, 0.25) is 0 Å². The third-order valence-electron chi connectivity index (χ3n) is 2.61. The second-order valence-corrected chi connectivity index (χ2v) is 3.67. The van der Waals surface area contributed by atoms with Crippen LogP contribution in [0.4, 0.5) is 0 Å². The molecule has 88 valence electrons. The van der Waals surface area contributed by atoms with Gasteiger partial charge in [-0.25, -0.2) is 4.98 Å². The number of hydrogen-bond acceptors (Lipinski definition) is 5. The van der Waals surface area contributed by atoms with E-state index in [2.05, 4.69) is 10.3 Å². The molecule has 0 aliphatic heterocycles. The van der Waals surface area contributed by atoms with E-state index in [4.69, 9.17) is 4.74 Å². The molecule has 0 radical (unpaired) electrons. The van der Waals surface area contributed by atoms with E-state index >= 15 is 0 Å². The summed E-state index contributed by atoms with van der Waals surface area (Å²) in [4.78, 5) is 28.3. The van der Waals surface area contributed by atoms with E-state index in [1.165, 1.54) is 7.11 Å². The van der Waals surface area contributed by atoms with Crippen LogP contribution < -0.4 is 5.32 Å². The maximum absolute atomic E-state index is 12.1. The largest absolute Gasteiger partial charge is 0.491 e. The molecule has 0 aromatic carbocycles. The van der Waals surface area contributed by atoms with Gasteiger partial charge in [-0.2, -0.15) is 0 Å². The molecule has 5 heteroatoms. The van der Waals surface area contributed by atoms with Gasteiger partial charge in [0.15, 0.2) is 5.76 Å². The highest BCUT2D eigenvalue weighted by Crippen LogP contribution is 2.24. The van der Waals surface area contributed by atoms with Gasteiger partial charge in [-0.05, 0) is 19.1 Å². The average molecular weight is 232 g/mol. The Balaban J connectivity index is 2.68. The molecular weight excluding hydrogens is 220 g/mol. The Morgan fingerprint density at radius 1 is 1.24 bits per heavy atom. The summed E-state index contributed by atoms with van der Waals surface area (Å²) in [6.07, 6.45) is 0. The summed E-state index contributed by atoms with van der Waals surface area (Å²) in [5.74, 6) is -0.600. The van der Waals surface area contributed by atoms with Crippen LogP contribution in [0.1, 0.15) is 26.5 Å². The zero-order chi connectivity index (χ0) is 12.6. The lowest BCUT2D eigenvalue weighted by Crippen LogP contribution is -2.30. The quantitative estimate of drug-likeness (QED) is 0.818. The monoisotopic (exact) mass is 232 g/mol. The molecule has 0 saturated heterocycles. The number of nitrogens with one attached hydrogen (secondary N) is 1. The van der Waals surface area contributed by atoms with Crippen molar-refractivity contribution in [2.24, 2.45) is 0 Å². The number of hydrogen-bond donors (Lipinski definition) is 1. The van der Waals surface area contributed by atoms with Crippen molar-refractivity contribution in [3.63, 3.8) is 0 Å². The van der Waals surface area contributed by atoms with Gasteiger partial charge in [0.1, 0.15) is 11.4 Å². The summed E-state index contributed by atoms with van der Waals surface area (Å²) in [5.41, 5.74) is 1.32. The highest BCUT2D eigenvalue weighted by atomic mass is 16.5. The fourth-order valence-corrected chi connectivity index (χ4v) is 1.79. The Morgan fingerprint density at radius 3 is 2.53 bits per heavy atom. The average Bonchev–Trinajstić information content (AvgIpc) is 2.33. The first kappa shape index (κ1) is 11.3. The lowest BCUT2D eigenvalue weighted by atomic mass is 9.95. The molecule has 1 aliphatic rings. The lowest BCUT2D eigenvalue weighted by Gasteiger charge is -2.18. The topological polar surface area (TPSA) is 68.3 Å². The summed E-state index contributed by atoms with van der Waals surface area (Å²) >= 11 is 0. The van der Waals surface area contributed by atoms with E-state index in [0.717, 1.165) is 0 Å². The van der Waals surface area contributed by atoms with Crippen molar-refractivity contribution in [3.8, 4) is 0 Å². The Kier molecular flexibility index (Phi) is 2.67. The fourth-order valence-electron chi connectivity index (χ4n) is 1.79. The minimum atomic E-state index is -0.320. The first-order chi connectivity index (χ1) is 8.10. The van der Waals surface area contributed by atoms with Crippen LogP contribution in [0.3, 0.4) is 0 Å². The molecule has 17 heavy (non-hydrogen) atoms. The molecule has 1 aromatic rings. The minimum absolute atomic E-state index is 0.0376. The molecule has 0 atom stereocenters. The molecule has 2 rings (SSSR count). The van der Waals surface area contributed by atoms with Gasteiger partial charge < -0.3 is 10.1 Å². The van der Waals surface area contributed by atoms with Gasteiger partial charge in [0.2, 0.25) is 11.6 Å². The minimum Gasteiger partial charge on any atom is -0.491 e. The standard InChI is InChI=1S/C12H12N2O3/c1-6-4-5-7-8(14-6)11(16)9(13-2)12(17-3)10(7)15/h4-5,13H,1-3H3. The van der Waals surface area contributed by atoms with Crippen LogP contribution >= 0.6 is 0 Å². The Morgan fingerprint density at radius 2 is 1.94 bits per heavy atom. The number of ketones is 2. The van der Waals surface area contributed by atoms with E-state index < -0.39 is 0 Å².